The molecule has 6 heteroatoms. The van der Waals surface area contributed by atoms with Crippen LogP contribution in [0.4, 0.5) is 0 Å². The van der Waals surface area contributed by atoms with Gasteiger partial charge in [-0.2, -0.15) is 0 Å². The van der Waals surface area contributed by atoms with E-state index in [2.05, 4.69) is 11.4 Å². The molecule has 3 rings (SSSR count). The molecular formula is C24H32N2O3S. The minimum absolute atomic E-state index is 0.00791. The van der Waals surface area contributed by atoms with Crippen LogP contribution in [0.5, 0.6) is 5.75 Å². The molecule has 0 radical (unpaired) electrons. The molecule has 1 aliphatic heterocycles. The number of thiophene rings is 1. The monoisotopic (exact) mass is 428 g/mol. The SMILES string of the molecule is CCC(=O)N(CC(=O)N1CCc2sccc2C1COc1ccc(C)cc1)C(C)CC. The molecule has 1 aromatic carbocycles. The third kappa shape index (κ3) is 5.04. The lowest BCUT2D eigenvalue weighted by atomic mass is 10.00. The minimum atomic E-state index is -0.135. The molecule has 2 atom stereocenters. The third-order valence-corrected chi connectivity index (χ3v) is 6.89. The van der Waals surface area contributed by atoms with Gasteiger partial charge in [0.05, 0.1) is 6.04 Å². The Labute approximate surface area is 183 Å². The largest absolute Gasteiger partial charge is 0.491 e. The van der Waals surface area contributed by atoms with Gasteiger partial charge in [-0.1, -0.05) is 31.5 Å². The highest BCUT2D eigenvalue weighted by molar-refractivity contribution is 7.10. The van der Waals surface area contributed by atoms with E-state index in [4.69, 9.17) is 4.74 Å². The van der Waals surface area contributed by atoms with Gasteiger partial charge in [0.2, 0.25) is 11.8 Å². The zero-order valence-electron chi connectivity index (χ0n) is 18.4. The van der Waals surface area contributed by atoms with Crippen molar-refractivity contribution in [2.75, 3.05) is 19.7 Å². The second-order valence-corrected chi connectivity index (χ2v) is 8.91. The Morgan fingerprint density at radius 1 is 1.23 bits per heavy atom. The molecule has 0 aliphatic carbocycles. The van der Waals surface area contributed by atoms with Crippen molar-refractivity contribution in [2.45, 2.75) is 59.0 Å². The Balaban J connectivity index is 1.77. The lowest BCUT2D eigenvalue weighted by Crippen LogP contribution is -2.49. The van der Waals surface area contributed by atoms with Gasteiger partial charge in [-0.15, -0.1) is 11.3 Å². The summed E-state index contributed by atoms with van der Waals surface area (Å²) in [6.45, 7) is 9.13. The zero-order chi connectivity index (χ0) is 21.7. The molecule has 0 N–H and O–H groups in total. The summed E-state index contributed by atoms with van der Waals surface area (Å²) in [6.07, 6.45) is 2.09. The van der Waals surface area contributed by atoms with Gasteiger partial charge < -0.3 is 14.5 Å². The topological polar surface area (TPSA) is 49.9 Å². The van der Waals surface area contributed by atoms with Crippen LogP contribution in [0.2, 0.25) is 0 Å². The van der Waals surface area contributed by atoms with Gasteiger partial charge in [-0.25, -0.2) is 0 Å². The molecule has 2 amide bonds. The lowest BCUT2D eigenvalue weighted by Gasteiger charge is -2.38. The van der Waals surface area contributed by atoms with Crippen molar-refractivity contribution in [3.8, 4) is 5.75 Å². The van der Waals surface area contributed by atoms with E-state index in [0.717, 1.165) is 18.6 Å². The summed E-state index contributed by atoms with van der Waals surface area (Å²) in [4.78, 5) is 30.7. The van der Waals surface area contributed by atoms with Crippen LogP contribution in [0.15, 0.2) is 35.7 Å². The summed E-state index contributed by atoms with van der Waals surface area (Å²) < 4.78 is 6.08. The Morgan fingerprint density at radius 3 is 2.63 bits per heavy atom. The highest BCUT2D eigenvalue weighted by atomic mass is 32.1. The van der Waals surface area contributed by atoms with Gasteiger partial charge in [0.25, 0.3) is 0 Å². The van der Waals surface area contributed by atoms with Crippen molar-refractivity contribution in [3.63, 3.8) is 0 Å². The minimum Gasteiger partial charge on any atom is -0.491 e. The van der Waals surface area contributed by atoms with Crippen LogP contribution in [-0.4, -0.2) is 47.4 Å². The summed E-state index contributed by atoms with van der Waals surface area (Å²) in [5.41, 5.74) is 2.35. The molecule has 0 bridgehead atoms. The van der Waals surface area contributed by atoms with Crippen LogP contribution in [0.25, 0.3) is 0 Å². The van der Waals surface area contributed by atoms with Crippen molar-refractivity contribution in [1.82, 2.24) is 9.80 Å². The summed E-state index contributed by atoms with van der Waals surface area (Å²) in [7, 11) is 0. The van der Waals surface area contributed by atoms with Crippen LogP contribution in [-0.2, 0) is 16.0 Å². The van der Waals surface area contributed by atoms with Gasteiger partial charge >= 0.3 is 0 Å². The number of rotatable bonds is 8. The van der Waals surface area contributed by atoms with E-state index in [1.54, 1.807) is 16.2 Å². The second kappa shape index (κ2) is 10.1. The number of ether oxygens (including phenoxy) is 1. The molecule has 2 heterocycles. The standard InChI is InChI=1S/C24H32N2O3S/c1-5-18(4)26(23(27)6-2)15-24(28)25-13-11-22-20(12-14-30-22)21(25)16-29-19-9-7-17(3)8-10-19/h7-10,12,14,18,21H,5-6,11,13,15-16H2,1-4H3. The molecule has 0 saturated carbocycles. The summed E-state index contributed by atoms with van der Waals surface area (Å²) in [5.74, 6) is 0.822. The van der Waals surface area contributed by atoms with E-state index in [1.807, 2.05) is 56.9 Å². The molecule has 0 spiro atoms. The van der Waals surface area contributed by atoms with E-state index >= 15 is 0 Å². The normalized spacial score (nSPS) is 16.7. The van der Waals surface area contributed by atoms with E-state index in [0.29, 0.717) is 19.6 Å². The van der Waals surface area contributed by atoms with E-state index < -0.39 is 0 Å². The van der Waals surface area contributed by atoms with Crippen LogP contribution >= 0.6 is 11.3 Å². The first kappa shape index (κ1) is 22.3. The molecule has 0 fully saturated rings. The molecule has 1 aromatic heterocycles. The fraction of sp³-hybridized carbons (Fsp3) is 0.500. The molecule has 5 nitrogen and oxygen atoms in total. The number of hydrogen-bond donors (Lipinski definition) is 0. The predicted molar refractivity (Wildman–Crippen MR) is 121 cm³/mol. The molecular weight excluding hydrogens is 396 g/mol. The van der Waals surface area contributed by atoms with Crippen LogP contribution in [0, 0.1) is 6.92 Å². The van der Waals surface area contributed by atoms with Crippen LogP contribution in [0.3, 0.4) is 0 Å². The fourth-order valence-electron chi connectivity index (χ4n) is 3.83. The van der Waals surface area contributed by atoms with Gasteiger partial charge in [0, 0.05) is 23.9 Å². The highest BCUT2D eigenvalue weighted by Crippen LogP contribution is 2.34. The number of carbonyl (C=O) groups excluding carboxylic acids is 2. The molecule has 0 saturated heterocycles. The van der Waals surface area contributed by atoms with Crippen molar-refractivity contribution in [3.05, 3.63) is 51.7 Å². The van der Waals surface area contributed by atoms with Gasteiger partial charge in [0.15, 0.2) is 0 Å². The maximum absolute atomic E-state index is 13.3. The van der Waals surface area contributed by atoms with E-state index in [1.165, 1.54) is 16.0 Å². The number of fused-ring (bicyclic) bond motifs is 1. The Hall–Kier alpha value is -2.34. The first-order chi connectivity index (χ1) is 14.4. The number of benzene rings is 1. The van der Waals surface area contributed by atoms with Crippen molar-refractivity contribution < 1.29 is 14.3 Å². The quantitative estimate of drug-likeness (QED) is 0.617. The molecule has 162 valence electrons. The summed E-state index contributed by atoms with van der Waals surface area (Å²) in [5, 5.41) is 2.09. The van der Waals surface area contributed by atoms with Gasteiger partial charge in [-0.3, -0.25) is 9.59 Å². The van der Waals surface area contributed by atoms with Crippen molar-refractivity contribution >= 4 is 23.2 Å². The Kier molecular flexibility index (Phi) is 7.53. The average molecular weight is 429 g/mol. The maximum atomic E-state index is 13.3. The Bertz CT molecular complexity index is 862. The predicted octanol–water partition coefficient (Wildman–Crippen LogP) is 4.60. The lowest BCUT2D eigenvalue weighted by molar-refractivity contribution is -0.144. The summed E-state index contributed by atoms with van der Waals surface area (Å²) in [6, 6.07) is 9.99. The number of nitrogens with zero attached hydrogens (tertiary/aromatic N) is 2. The molecule has 1 aliphatic rings. The van der Waals surface area contributed by atoms with E-state index in [-0.39, 0.29) is 30.4 Å². The van der Waals surface area contributed by atoms with Gasteiger partial charge in [-0.05, 0) is 55.8 Å². The molecule has 2 unspecified atom stereocenters. The van der Waals surface area contributed by atoms with Crippen LogP contribution in [0.1, 0.15) is 55.7 Å². The van der Waals surface area contributed by atoms with Gasteiger partial charge in [0.1, 0.15) is 18.9 Å². The average Bonchev–Trinajstić information content (AvgIpc) is 3.24. The number of aryl methyl sites for hydroxylation is 1. The Morgan fingerprint density at radius 2 is 1.97 bits per heavy atom. The highest BCUT2D eigenvalue weighted by Gasteiger charge is 2.34. The van der Waals surface area contributed by atoms with Crippen LogP contribution < -0.4 is 4.74 Å². The molecule has 30 heavy (non-hydrogen) atoms. The zero-order valence-corrected chi connectivity index (χ0v) is 19.2. The van der Waals surface area contributed by atoms with E-state index in [9.17, 15) is 9.59 Å². The molecule has 2 aromatic rings. The summed E-state index contributed by atoms with van der Waals surface area (Å²) >= 11 is 1.74. The maximum Gasteiger partial charge on any atom is 0.242 e. The number of hydrogen-bond acceptors (Lipinski definition) is 4. The number of amides is 2. The number of carbonyl (C=O) groups is 2. The fourth-order valence-corrected chi connectivity index (χ4v) is 4.76. The van der Waals surface area contributed by atoms with Crippen molar-refractivity contribution in [1.29, 1.82) is 0 Å². The van der Waals surface area contributed by atoms with Crippen molar-refractivity contribution in [2.24, 2.45) is 0 Å². The third-order valence-electron chi connectivity index (χ3n) is 5.90. The second-order valence-electron chi connectivity index (χ2n) is 7.91. The smallest absolute Gasteiger partial charge is 0.242 e. The first-order valence-corrected chi connectivity index (χ1v) is 11.7. The first-order valence-electron chi connectivity index (χ1n) is 10.8.